The lowest BCUT2D eigenvalue weighted by molar-refractivity contribution is 0.0953. The monoisotopic (exact) mass is 390 g/mol. The van der Waals surface area contributed by atoms with Gasteiger partial charge in [-0.25, -0.2) is 8.42 Å². The number of nitrogens with zero attached hydrogens (tertiary/aromatic N) is 2. The highest BCUT2D eigenvalue weighted by Gasteiger charge is 2.25. The molecule has 1 heterocycles. The Morgan fingerprint density at radius 2 is 2.07 bits per heavy atom. The largest absolute Gasteiger partial charge is 0.352 e. The molecular weight excluding hydrogens is 364 g/mol. The van der Waals surface area contributed by atoms with Gasteiger partial charge in [-0.05, 0) is 55.9 Å². The molecule has 1 aromatic carbocycles. The number of fused-ring (bicyclic) bond motifs is 1. The van der Waals surface area contributed by atoms with E-state index in [1.165, 1.54) is 16.4 Å². The number of carbonyl (C=O) groups excluding carboxylic acids is 1. The zero-order chi connectivity index (χ0) is 19.4. The summed E-state index contributed by atoms with van der Waals surface area (Å²) in [5, 5.41) is 10.1. The van der Waals surface area contributed by atoms with E-state index in [0.29, 0.717) is 12.1 Å². The minimum absolute atomic E-state index is 0.110. The molecule has 0 fully saturated rings. The van der Waals surface area contributed by atoms with Crippen molar-refractivity contribution in [1.29, 1.82) is 0 Å². The third kappa shape index (κ3) is 4.22. The number of hydrogen-bond donors (Lipinski definition) is 2. The minimum atomic E-state index is -3.72. The molecule has 2 N–H and O–H groups in total. The maximum absolute atomic E-state index is 13.0. The lowest BCUT2D eigenvalue weighted by Gasteiger charge is -2.18. The van der Waals surface area contributed by atoms with Gasteiger partial charge in [0.25, 0.3) is 5.91 Å². The first-order valence-electron chi connectivity index (χ1n) is 9.33. The normalized spacial score (nSPS) is 14.2. The quantitative estimate of drug-likeness (QED) is 0.758. The first-order valence-corrected chi connectivity index (χ1v) is 10.8. The van der Waals surface area contributed by atoms with Gasteiger partial charge in [0.1, 0.15) is 0 Å². The summed E-state index contributed by atoms with van der Waals surface area (Å²) < 4.78 is 27.2. The van der Waals surface area contributed by atoms with Crippen LogP contribution in [0.25, 0.3) is 0 Å². The minimum Gasteiger partial charge on any atom is -0.352 e. The van der Waals surface area contributed by atoms with E-state index >= 15 is 0 Å². The van der Waals surface area contributed by atoms with Crippen molar-refractivity contribution in [3.05, 3.63) is 46.8 Å². The van der Waals surface area contributed by atoms with Crippen LogP contribution in [0, 0.1) is 0 Å². The Morgan fingerprint density at radius 3 is 2.85 bits per heavy atom. The zero-order valence-electron chi connectivity index (χ0n) is 15.8. The van der Waals surface area contributed by atoms with Gasteiger partial charge in [0.2, 0.25) is 10.0 Å². The molecule has 1 amide bonds. The van der Waals surface area contributed by atoms with Crippen LogP contribution in [0.15, 0.2) is 29.2 Å². The van der Waals surface area contributed by atoms with Crippen LogP contribution in [-0.4, -0.2) is 42.4 Å². The molecule has 1 aliphatic rings. The SMILES string of the molecule is CCCNC(=O)c1cccc(S(=O)(=O)N(C)Cc2n[nH]c3c2CCCC3)c1. The maximum Gasteiger partial charge on any atom is 0.251 e. The fourth-order valence-electron chi connectivity index (χ4n) is 3.29. The second-order valence-corrected chi connectivity index (χ2v) is 8.92. The Kier molecular flexibility index (Phi) is 5.96. The number of carbonyl (C=O) groups is 1. The molecule has 7 nitrogen and oxygen atoms in total. The van der Waals surface area contributed by atoms with Gasteiger partial charge in [-0.3, -0.25) is 9.89 Å². The van der Waals surface area contributed by atoms with E-state index in [1.807, 2.05) is 6.92 Å². The Labute approximate surface area is 160 Å². The van der Waals surface area contributed by atoms with Gasteiger partial charge in [-0.15, -0.1) is 0 Å². The van der Waals surface area contributed by atoms with Gasteiger partial charge in [-0.1, -0.05) is 13.0 Å². The van der Waals surface area contributed by atoms with Crippen molar-refractivity contribution in [1.82, 2.24) is 19.8 Å². The molecule has 3 rings (SSSR count). The number of nitrogens with one attached hydrogen (secondary N) is 2. The predicted octanol–water partition coefficient (Wildman–Crippen LogP) is 2.25. The molecule has 27 heavy (non-hydrogen) atoms. The molecule has 0 saturated carbocycles. The van der Waals surface area contributed by atoms with Crippen molar-refractivity contribution in [2.45, 2.75) is 50.5 Å². The average Bonchev–Trinajstić information content (AvgIpc) is 3.09. The third-order valence-corrected chi connectivity index (χ3v) is 6.65. The molecule has 0 atom stereocenters. The first-order chi connectivity index (χ1) is 12.9. The van der Waals surface area contributed by atoms with Gasteiger partial charge in [-0.2, -0.15) is 9.40 Å². The lowest BCUT2D eigenvalue weighted by Crippen LogP contribution is -2.28. The van der Waals surface area contributed by atoms with E-state index < -0.39 is 10.0 Å². The molecule has 1 aliphatic carbocycles. The third-order valence-electron chi connectivity index (χ3n) is 4.85. The topological polar surface area (TPSA) is 95.2 Å². The summed E-state index contributed by atoms with van der Waals surface area (Å²) in [6.45, 7) is 2.73. The number of H-pyrrole nitrogens is 1. The number of aromatic amines is 1. The molecule has 0 aliphatic heterocycles. The Balaban J connectivity index is 1.79. The molecule has 0 saturated heterocycles. The van der Waals surface area contributed by atoms with Crippen LogP contribution in [0.3, 0.4) is 0 Å². The van der Waals surface area contributed by atoms with Crippen LogP contribution in [0.2, 0.25) is 0 Å². The Morgan fingerprint density at radius 1 is 1.30 bits per heavy atom. The Bertz CT molecular complexity index is 921. The molecule has 0 bridgehead atoms. The number of amides is 1. The number of rotatable bonds is 7. The Hall–Kier alpha value is -2.19. The van der Waals surface area contributed by atoms with Crippen molar-refractivity contribution >= 4 is 15.9 Å². The molecule has 0 unspecified atom stereocenters. The van der Waals surface area contributed by atoms with E-state index in [-0.39, 0.29) is 17.3 Å². The van der Waals surface area contributed by atoms with Gasteiger partial charge in [0.15, 0.2) is 0 Å². The van der Waals surface area contributed by atoms with Gasteiger partial charge in [0.05, 0.1) is 17.1 Å². The molecule has 1 aromatic heterocycles. The van der Waals surface area contributed by atoms with E-state index in [1.54, 1.807) is 19.2 Å². The molecular formula is C19H26N4O3S. The summed E-state index contributed by atoms with van der Waals surface area (Å²) in [7, 11) is -2.17. The van der Waals surface area contributed by atoms with Crippen molar-refractivity contribution < 1.29 is 13.2 Å². The average molecular weight is 391 g/mol. The number of benzene rings is 1. The smallest absolute Gasteiger partial charge is 0.251 e. The second-order valence-electron chi connectivity index (χ2n) is 6.88. The summed E-state index contributed by atoms with van der Waals surface area (Å²) in [5.41, 5.74) is 3.40. The number of sulfonamides is 1. The fraction of sp³-hybridized carbons (Fsp3) is 0.474. The summed E-state index contributed by atoms with van der Waals surface area (Å²) in [6.07, 6.45) is 4.96. The van der Waals surface area contributed by atoms with Crippen LogP contribution in [0.5, 0.6) is 0 Å². The van der Waals surface area contributed by atoms with E-state index in [4.69, 9.17) is 0 Å². The standard InChI is InChI=1S/C19H26N4O3S/c1-3-11-20-19(24)14-7-6-8-15(12-14)27(25,26)23(2)13-18-16-9-4-5-10-17(16)21-22-18/h6-8,12H,3-5,9-11,13H2,1-2H3,(H,20,24)(H,21,22). The molecule has 146 valence electrons. The highest BCUT2D eigenvalue weighted by Crippen LogP contribution is 2.24. The summed E-state index contributed by atoms with van der Waals surface area (Å²) in [4.78, 5) is 12.2. The molecule has 0 spiro atoms. The van der Waals surface area contributed by atoms with E-state index in [9.17, 15) is 13.2 Å². The number of aryl methyl sites for hydroxylation is 1. The number of hydrogen-bond acceptors (Lipinski definition) is 4. The van der Waals surface area contributed by atoms with Gasteiger partial charge < -0.3 is 5.32 Å². The van der Waals surface area contributed by atoms with Gasteiger partial charge >= 0.3 is 0 Å². The highest BCUT2D eigenvalue weighted by molar-refractivity contribution is 7.89. The van der Waals surface area contributed by atoms with Crippen LogP contribution in [-0.2, 0) is 29.4 Å². The zero-order valence-corrected chi connectivity index (χ0v) is 16.6. The van der Waals surface area contributed by atoms with Gasteiger partial charge in [0, 0.05) is 24.8 Å². The number of aromatic nitrogens is 2. The van der Waals surface area contributed by atoms with Crippen LogP contribution in [0.1, 0.15) is 53.5 Å². The lowest BCUT2D eigenvalue weighted by atomic mass is 9.96. The summed E-state index contributed by atoms with van der Waals surface area (Å²) in [5.74, 6) is -0.266. The second kappa shape index (κ2) is 8.22. The van der Waals surface area contributed by atoms with E-state index in [2.05, 4.69) is 15.5 Å². The predicted molar refractivity (Wildman–Crippen MR) is 103 cm³/mol. The van der Waals surface area contributed by atoms with Crippen molar-refractivity contribution in [2.75, 3.05) is 13.6 Å². The summed E-state index contributed by atoms with van der Waals surface area (Å²) >= 11 is 0. The van der Waals surface area contributed by atoms with Crippen molar-refractivity contribution in [3.63, 3.8) is 0 Å². The fourth-order valence-corrected chi connectivity index (χ4v) is 4.47. The first kappa shape index (κ1) is 19.6. The van der Waals surface area contributed by atoms with Crippen molar-refractivity contribution in [3.8, 4) is 0 Å². The molecule has 8 heteroatoms. The molecule has 2 aromatic rings. The van der Waals surface area contributed by atoms with Crippen LogP contribution < -0.4 is 5.32 Å². The maximum atomic E-state index is 13.0. The van der Waals surface area contributed by atoms with E-state index in [0.717, 1.165) is 49.1 Å². The highest BCUT2D eigenvalue weighted by atomic mass is 32.2. The van der Waals surface area contributed by atoms with Crippen LogP contribution in [0.4, 0.5) is 0 Å². The van der Waals surface area contributed by atoms with Crippen LogP contribution >= 0.6 is 0 Å². The van der Waals surface area contributed by atoms with Crippen molar-refractivity contribution in [2.24, 2.45) is 0 Å². The molecule has 0 radical (unpaired) electrons. The summed E-state index contributed by atoms with van der Waals surface area (Å²) in [6, 6.07) is 6.16.